The molecule has 2 N–H and O–H groups in total. The molecule has 2 aromatic heterocycles. The molecule has 0 aliphatic carbocycles. The summed E-state index contributed by atoms with van der Waals surface area (Å²) in [5, 5.41) is 0.726. The van der Waals surface area contributed by atoms with Crippen molar-refractivity contribution >= 4 is 60.9 Å². The largest absolute Gasteiger partial charge is 0.461 e. The Hall–Kier alpha value is -3.61. The Labute approximate surface area is 261 Å². The molecule has 2 atom stereocenters. The average Bonchev–Trinajstić information content (AvgIpc) is 3.76. The molecule has 0 radical (unpaired) electrons. The third-order valence-corrected chi connectivity index (χ3v) is 11.1. The highest BCUT2D eigenvalue weighted by molar-refractivity contribution is 7.22. The smallest absolute Gasteiger partial charge is 0.319 e. The molecule has 2 unspecified atom stereocenters. The molecule has 8 rings (SSSR count). The predicted octanol–water partition coefficient (Wildman–Crippen LogP) is 5.40. The van der Waals surface area contributed by atoms with E-state index in [1.807, 2.05) is 4.90 Å². The van der Waals surface area contributed by atoms with Crippen LogP contribution in [0.25, 0.3) is 32.2 Å². The van der Waals surface area contributed by atoms with Crippen LogP contribution in [0.3, 0.4) is 0 Å². The minimum atomic E-state index is -0.672. The number of likely N-dealkylation sites (tertiary alicyclic amines) is 1. The number of amides is 1. The van der Waals surface area contributed by atoms with Crippen LogP contribution in [0.1, 0.15) is 32.1 Å². The minimum absolute atomic E-state index is 0.0137. The fourth-order valence-electron chi connectivity index (χ4n) is 7.80. The van der Waals surface area contributed by atoms with Gasteiger partial charge in [0.2, 0.25) is 5.91 Å². The highest BCUT2D eigenvalue weighted by Crippen LogP contribution is 2.45. The molecule has 0 saturated carbocycles. The number of fused-ring (bicyclic) bond motifs is 4. The fraction of sp³-hybridized carbons (Fsp3) is 0.419. The zero-order valence-corrected chi connectivity index (χ0v) is 25.4. The number of nitrogens with two attached hydrogens (primary N) is 1. The Kier molecular flexibility index (Phi) is 6.48. The molecular weight excluding hydrogens is 608 g/mol. The molecule has 4 saturated heterocycles. The van der Waals surface area contributed by atoms with E-state index in [2.05, 4.69) is 26.3 Å². The zero-order chi connectivity index (χ0) is 30.3. The van der Waals surface area contributed by atoms with Crippen molar-refractivity contribution < 1.29 is 18.3 Å². The van der Waals surface area contributed by atoms with E-state index in [9.17, 15) is 9.18 Å². The van der Waals surface area contributed by atoms with Gasteiger partial charge in [-0.1, -0.05) is 29.5 Å². The van der Waals surface area contributed by atoms with Gasteiger partial charge in [-0.2, -0.15) is 9.97 Å². The highest BCUT2D eigenvalue weighted by Gasteiger charge is 2.50. The second-order valence-corrected chi connectivity index (χ2v) is 13.6. The lowest BCUT2D eigenvalue weighted by Crippen LogP contribution is -2.63. The normalized spacial score (nSPS) is 22.4. The predicted molar refractivity (Wildman–Crippen MR) is 167 cm³/mol. The number of hydrogen-bond acceptors (Lipinski definition) is 9. The molecule has 0 bridgehead atoms. The van der Waals surface area contributed by atoms with Gasteiger partial charge in [-0.15, -0.1) is 0 Å². The third-order valence-electron chi connectivity index (χ3n) is 9.93. The minimum Gasteiger partial charge on any atom is -0.461 e. The number of nitrogens with zero attached hydrogens (tertiary/aromatic N) is 6. The van der Waals surface area contributed by atoms with Crippen molar-refractivity contribution in [2.75, 3.05) is 43.4 Å². The van der Waals surface area contributed by atoms with Crippen molar-refractivity contribution in [3.05, 3.63) is 47.5 Å². The number of halogens is 3. The SMILES string of the molecule is C=CC(=O)N1CCC2C1CN2c1nc(OCC23CCCN2CCC3)nc2c(F)c(-c3ccc(F)c4sc(N)nc34)c(Cl)cc12. The van der Waals surface area contributed by atoms with Crippen LogP contribution in [-0.4, -0.2) is 81.1 Å². The number of hydrogen-bond donors (Lipinski definition) is 1. The van der Waals surface area contributed by atoms with Crippen LogP contribution in [0.15, 0.2) is 30.9 Å². The molecule has 9 nitrogen and oxygen atoms in total. The molecule has 228 valence electrons. The number of ether oxygens (including phenoxy) is 1. The number of rotatable bonds is 6. The summed E-state index contributed by atoms with van der Waals surface area (Å²) in [6.07, 6.45) is 6.41. The number of carbonyl (C=O) groups is 1. The maximum absolute atomic E-state index is 16.8. The zero-order valence-electron chi connectivity index (χ0n) is 23.9. The van der Waals surface area contributed by atoms with Crippen LogP contribution in [0, 0.1) is 11.6 Å². The maximum Gasteiger partial charge on any atom is 0.319 e. The first-order chi connectivity index (χ1) is 21.3. The topological polar surface area (TPSA) is 101 Å². The van der Waals surface area contributed by atoms with E-state index in [1.54, 1.807) is 6.07 Å². The summed E-state index contributed by atoms with van der Waals surface area (Å²) in [6.45, 7) is 7.30. The molecule has 4 aromatic rings. The van der Waals surface area contributed by atoms with Gasteiger partial charge >= 0.3 is 6.01 Å². The van der Waals surface area contributed by atoms with Gasteiger partial charge in [-0.05, 0) is 69.5 Å². The van der Waals surface area contributed by atoms with Gasteiger partial charge in [0.25, 0.3) is 0 Å². The summed E-state index contributed by atoms with van der Waals surface area (Å²) in [5.41, 5.74) is 6.54. The first-order valence-electron chi connectivity index (χ1n) is 14.9. The van der Waals surface area contributed by atoms with Crippen LogP contribution in [0.2, 0.25) is 5.02 Å². The highest BCUT2D eigenvalue weighted by atomic mass is 35.5. The van der Waals surface area contributed by atoms with Gasteiger partial charge in [-0.25, -0.2) is 13.8 Å². The van der Waals surface area contributed by atoms with Gasteiger partial charge in [0.05, 0.1) is 32.9 Å². The second kappa shape index (κ2) is 10.2. The lowest BCUT2D eigenvalue weighted by molar-refractivity contribution is -0.127. The van der Waals surface area contributed by atoms with Crippen molar-refractivity contribution in [2.45, 2.75) is 49.7 Å². The van der Waals surface area contributed by atoms with E-state index in [1.165, 1.54) is 18.2 Å². The van der Waals surface area contributed by atoms with Gasteiger partial charge in [-0.3, -0.25) is 9.69 Å². The van der Waals surface area contributed by atoms with Crippen molar-refractivity contribution in [2.24, 2.45) is 0 Å². The van der Waals surface area contributed by atoms with Crippen molar-refractivity contribution in [1.82, 2.24) is 24.8 Å². The fourth-order valence-corrected chi connectivity index (χ4v) is 8.86. The Morgan fingerprint density at radius 1 is 1.16 bits per heavy atom. The molecule has 4 fully saturated rings. The first-order valence-corrected chi connectivity index (χ1v) is 16.1. The second-order valence-electron chi connectivity index (χ2n) is 12.1. The summed E-state index contributed by atoms with van der Waals surface area (Å²) in [6, 6.07) is 4.50. The summed E-state index contributed by atoms with van der Waals surface area (Å²) in [7, 11) is 0. The van der Waals surface area contributed by atoms with Gasteiger partial charge < -0.3 is 20.3 Å². The summed E-state index contributed by atoms with van der Waals surface area (Å²) >= 11 is 7.80. The van der Waals surface area contributed by atoms with Crippen molar-refractivity contribution in [3.8, 4) is 17.1 Å². The van der Waals surface area contributed by atoms with E-state index in [-0.39, 0.29) is 61.0 Å². The van der Waals surface area contributed by atoms with E-state index < -0.39 is 11.6 Å². The number of nitrogen functional groups attached to an aromatic ring is 1. The Bertz CT molecular complexity index is 1860. The molecular formula is C31H30ClF2N7O2S. The Balaban J connectivity index is 1.25. The van der Waals surface area contributed by atoms with Gasteiger partial charge in [0.15, 0.2) is 10.9 Å². The summed E-state index contributed by atoms with van der Waals surface area (Å²) < 4.78 is 37.9. The standard InChI is InChI=1S/C31H30ClF2N7O2S/c1-2-22(42)40-12-7-20-21(40)14-41(20)28-17-13-18(32)23(16-5-6-19(33)27-26(16)36-29(35)44-27)24(34)25(17)37-30(38-28)43-15-31-8-3-10-39(31)11-4-9-31/h2,5-6,13,20-21H,1,3-4,7-12,14-15H2,(H2,35,36). The van der Waals surface area contributed by atoms with Crippen LogP contribution in [0.5, 0.6) is 6.01 Å². The van der Waals surface area contributed by atoms with Crippen molar-refractivity contribution in [1.29, 1.82) is 0 Å². The van der Waals surface area contributed by atoms with E-state index in [4.69, 9.17) is 27.1 Å². The Morgan fingerprint density at radius 3 is 2.73 bits per heavy atom. The maximum atomic E-state index is 16.8. The number of anilines is 2. The van der Waals surface area contributed by atoms with Gasteiger partial charge in [0, 0.05) is 29.6 Å². The van der Waals surface area contributed by atoms with Crippen LogP contribution in [0.4, 0.5) is 19.7 Å². The van der Waals surface area contributed by atoms with Gasteiger partial charge in [0.1, 0.15) is 23.8 Å². The van der Waals surface area contributed by atoms with E-state index in [0.717, 1.165) is 56.5 Å². The third kappa shape index (κ3) is 4.10. The van der Waals surface area contributed by atoms with Crippen LogP contribution in [-0.2, 0) is 4.79 Å². The molecule has 4 aliphatic heterocycles. The lowest BCUT2D eigenvalue weighted by atomic mass is 9.95. The first kappa shape index (κ1) is 27.9. The molecule has 2 aromatic carbocycles. The molecule has 6 heterocycles. The molecule has 44 heavy (non-hydrogen) atoms. The molecule has 4 aliphatic rings. The van der Waals surface area contributed by atoms with Crippen LogP contribution < -0.4 is 15.4 Å². The summed E-state index contributed by atoms with van der Waals surface area (Å²) in [5.74, 6) is -0.747. The number of thiazole rings is 1. The number of aromatic nitrogens is 3. The molecule has 1 amide bonds. The molecule has 13 heteroatoms. The van der Waals surface area contributed by atoms with E-state index >= 15 is 4.39 Å². The quantitative estimate of drug-likeness (QED) is 0.281. The number of carbonyl (C=O) groups excluding carboxylic acids is 1. The summed E-state index contributed by atoms with van der Waals surface area (Å²) in [4.78, 5) is 32.6. The number of benzene rings is 2. The lowest BCUT2D eigenvalue weighted by Gasteiger charge is -2.47. The monoisotopic (exact) mass is 637 g/mol. The average molecular weight is 638 g/mol. The molecule has 0 spiro atoms. The van der Waals surface area contributed by atoms with Crippen LogP contribution >= 0.6 is 22.9 Å². The Morgan fingerprint density at radius 2 is 1.95 bits per heavy atom. The van der Waals surface area contributed by atoms with E-state index in [0.29, 0.717) is 36.5 Å². The van der Waals surface area contributed by atoms with Crippen molar-refractivity contribution in [3.63, 3.8) is 0 Å².